The molecule has 0 saturated heterocycles. The molecule has 0 fully saturated rings. The molecular formula is C37H71O8P. The van der Waals surface area contributed by atoms with E-state index in [1.807, 2.05) is 0 Å². The maximum Gasteiger partial charge on any atom is 0.469 e. The Bertz CT molecular complexity index is 766. The number of esters is 2. The van der Waals surface area contributed by atoms with Gasteiger partial charge in [0.15, 0.2) is 6.10 Å². The maximum atomic E-state index is 12.3. The van der Waals surface area contributed by atoms with Gasteiger partial charge in [0.25, 0.3) is 0 Å². The molecule has 0 unspecified atom stereocenters. The van der Waals surface area contributed by atoms with Crippen molar-refractivity contribution in [2.24, 2.45) is 0 Å². The van der Waals surface area contributed by atoms with Gasteiger partial charge in [0.2, 0.25) is 0 Å². The highest BCUT2D eigenvalue weighted by Crippen LogP contribution is 2.36. The van der Waals surface area contributed by atoms with E-state index in [9.17, 15) is 14.2 Å². The van der Waals surface area contributed by atoms with Gasteiger partial charge in [-0.3, -0.25) is 14.1 Å². The minimum absolute atomic E-state index is 0.213. The van der Waals surface area contributed by atoms with E-state index in [1.54, 1.807) is 0 Å². The molecule has 0 bridgehead atoms. The fraction of sp³-hybridized carbons (Fsp3) is 0.892. The summed E-state index contributed by atoms with van der Waals surface area (Å²) in [5.74, 6) is -0.903. The molecule has 0 amide bonds. The average molecular weight is 675 g/mol. The minimum atomic E-state index is -4.75. The largest absolute Gasteiger partial charge is 0.469 e. The average Bonchev–Trinajstić information content (AvgIpc) is 3.02. The third kappa shape index (κ3) is 35.6. The Morgan fingerprint density at radius 1 is 0.543 bits per heavy atom. The Morgan fingerprint density at radius 2 is 0.913 bits per heavy atom. The van der Waals surface area contributed by atoms with E-state index in [0.717, 1.165) is 38.5 Å². The number of carbonyl (C=O) groups excluding carboxylic acids is 2. The van der Waals surface area contributed by atoms with Gasteiger partial charge < -0.3 is 19.3 Å². The Balaban J connectivity index is 3.96. The molecule has 46 heavy (non-hydrogen) atoms. The van der Waals surface area contributed by atoms with Crippen LogP contribution in [0.5, 0.6) is 0 Å². The second-order valence-electron chi connectivity index (χ2n) is 12.9. The number of hydrogen-bond donors (Lipinski definition) is 2. The SMILES string of the molecule is CCCCCCCCCCC/C=C/CCCCC(=O)OC[C@H](COP(=O)(O)O)OC(=O)CCCCCCCCCCCCCCC. The fourth-order valence-electron chi connectivity index (χ4n) is 5.43. The van der Waals surface area contributed by atoms with Crippen molar-refractivity contribution in [2.75, 3.05) is 13.2 Å². The normalized spacial score (nSPS) is 12.5. The molecule has 0 rings (SSSR count). The van der Waals surface area contributed by atoms with Crippen molar-refractivity contribution in [2.45, 2.75) is 200 Å². The van der Waals surface area contributed by atoms with Gasteiger partial charge >= 0.3 is 19.8 Å². The number of phosphoric ester groups is 1. The summed E-state index contributed by atoms with van der Waals surface area (Å²) < 4.78 is 26.3. The molecule has 272 valence electrons. The van der Waals surface area contributed by atoms with Crippen molar-refractivity contribution in [3.63, 3.8) is 0 Å². The van der Waals surface area contributed by atoms with Crippen LogP contribution >= 0.6 is 7.82 Å². The highest BCUT2D eigenvalue weighted by Gasteiger charge is 2.22. The van der Waals surface area contributed by atoms with Crippen molar-refractivity contribution >= 4 is 19.8 Å². The highest BCUT2D eigenvalue weighted by molar-refractivity contribution is 7.46. The molecule has 0 aliphatic heterocycles. The molecule has 0 spiro atoms. The first-order valence-corrected chi connectivity index (χ1v) is 20.5. The molecule has 0 saturated carbocycles. The van der Waals surface area contributed by atoms with Crippen LogP contribution in [0.4, 0.5) is 0 Å². The van der Waals surface area contributed by atoms with Crippen molar-refractivity contribution < 1.29 is 37.9 Å². The fourth-order valence-corrected chi connectivity index (χ4v) is 5.79. The van der Waals surface area contributed by atoms with Crippen LogP contribution < -0.4 is 0 Å². The van der Waals surface area contributed by atoms with Gasteiger partial charge in [-0.15, -0.1) is 0 Å². The smallest absolute Gasteiger partial charge is 0.462 e. The zero-order valence-electron chi connectivity index (χ0n) is 29.7. The second kappa shape index (κ2) is 33.7. The number of unbranched alkanes of at least 4 members (excludes halogenated alkanes) is 23. The summed E-state index contributed by atoms with van der Waals surface area (Å²) in [5.41, 5.74) is 0. The number of phosphoric acid groups is 1. The van der Waals surface area contributed by atoms with Crippen LogP contribution in [0.1, 0.15) is 194 Å². The van der Waals surface area contributed by atoms with Crippen LogP contribution in [0.3, 0.4) is 0 Å². The molecule has 0 radical (unpaired) electrons. The quantitative estimate of drug-likeness (QED) is 0.0295. The molecule has 0 aromatic rings. The molecule has 0 aromatic carbocycles. The Morgan fingerprint density at radius 3 is 1.37 bits per heavy atom. The van der Waals surface area contributed by atoms with Crippen LogP contribution in [0, 0.1) is 0 Å². The monoisotopic (exact) mass is 674 g/mol. The van der Waals surface area contributed by atoms with Gasteiger partial charge in [-0.2, -0.15) is 0 Å². The summed E-state index contributed by atoms with van der Waals surface area (Å²) in [4.78, 5) is 42.6. The topological polar surface area (TPSA) is 119 Å². The van der Waals surface area contributed by atoms with Crippen LogP contribution in [0.15, 0.2) is 12.2 Å². The van der Waals surface area contributed by atoms with Crippen LogP contribution in [-0.2, 0) is 28.2 Å². The van der Waals surface area contributed by atoms with E-state index in [2.05, 4.69) is 30.5 Å². The van der Waals surface area contributed by atoms with Crippen molar-refractivity contribution in [1.29, 1.82) is 0 Å². The molecular weight excluding hydrogens is 603 g/mol. The molecule has 0 aromatic heterocycles. The first-order chi connectivity index (χ1) is 22.3. The first-order valence-electron chi connectivity index (χ1n) is 19.0. The highest BCUT2D eigenvalue weighted by atomic mass is 31.2. The number of ether oxygens (including phenoxy) is 2. The number of carbonyl (C=O) groups is 2. The lowest BCUT2D eigenvalue weighted by atomic mass is 10.0. The van der Waals surface area contributed by atoms with Gasteiger partial charge in [0, 0.05) is 12.8 Å². The maximum absolute atomic E-state index is 12.3. The van der Waals surface area contributed by atoms with E-state index in [-0.39, 0.29) is 19.4 Å². The van der Waals surface area contributed by atoms with Gasteiger partial charge in [0.05, 0.1) is 6.61 Å². The van der Waals surface area contributed by atoms with Gasteiger partial charge in [-0.25, -0.2) is 4.57 Å². The van der Waals surface area contributed by atoms with Crippen molar-refractivity contribution in [1.82, 2.24) is 0 Å². The predicted molar refractivity (Wildman–Crippen MR) is 189 cm³/mol. The second-order valence-corrected chi connectivity index (χ2v) is 14.1. The van der Waals surface area contributed by atoms with E-state index < -0.39 is 32.5 Å². The molecule has 0 aliphatic carbocycles. The summed E-state index contributed by atoms with van der Waals surface area (Å²) in [7, 11) is -4.75. The van der Waals surface area contributed by atoms with Gasteiger partial charge in [-0.1, -0.05) is 154 Å². The summed E-state index contributed by atoms with van der Waals surface area (Å²) in [6, 6.07) is 0. The third-order valence-corrected chi connectivity index (χ3v) is 8.77. The lowest BCUT2D eigenvalue weighted by Gasteiger charge is -2.18. The zero-order valence-corrected chi connectivity index (χ0v) is 30.6. The molecule has 9 heteroatoms. The predicted octanol–water partition coefficient (Wildman–Crippen LogP) is 11.1. The van der Waals surface area contributed by atoms with E-state index >= 15 is 0 Å². The van der Waals surface area contributed by atoms with E-state index in [0.29, 0.717) is 12.8 Å². The zero-order chi connectivity index (χ0) is 34.0. The van der Waals surface area contributed by atoms with E-state index in [4.69, 9.17) is 19.3 Å². The molecule has 1 atom stereocenters. The summed E-state index contributed by atoms with van der Waals surface area (Å²) >= 11 is 0. The number of hydrogen-bond acceptors (Lipinski definition) is 6. The van der Waals surface area contributed by atoms with Crippen molar-refractivity contribution in [3.05, 3.63) is 12.2 Å². The lowest BCUT2D eigenvalue weighted by molar-refractivity contribution is -0.161. The summed E-state index contributed by atoms with van der Waals surface area (Å²) in [6.07, 6.45) is 35.1. The first kappa shape index (κ1) is 44.8. The van der Waals surface area contributed by atoms with Crippen molar-refractivity contribution in [3.8, 4) is 0 Å². The van der Waals surface area contributed by atoms with Crippen LogP contribution in [-0.4, -0.2) is 41.0 Å². The van der Waals surface area contributed by atoms with E-state index in [1.165, 1.54) is 116 Å². The third-order valence-electron chi connectivity index (χ3n) is 8.28. The standard InChI is InChI=1S/C37H71O8P/c1-3-5-7-9-11-13-15-17-18-20-21-23-25-27-29-31-36(38)43-33-35(34-44-46(40,41)42)45-37(39)32-30-28-26-24-22-19-16-14-12-10-8-6-4-2/h21,23,35H,3-20,22,24-34H2,1-2H3,(H2,40,41,42)/b23-21+/t35-/m1/s1. The lowest BCUT2D eigenvalue weighted by Crippen LogP contribution is -2.29. The van der Waals surface area contributed by atoms with Crippen LogP contribution in [0.25, 0.3) is 0 Å². The molecule has 0 aliphatic rings. The molecule has 2 N–H and O–H groups in total. The minimum Gasteiger partial charge on any atom is -0.462 e. The van der Waals surface area contributed by atoms with Crippen LogP contribution in [0.2, 0.25) is 0 Å². The summed E-state index contributed by atoms with van der Waals surface area (Å²) in [5, 5.41) is 0. The Hall–Kier alpha value is -1.21. The van der Waals surface area contributed by atoms with Gasteiger partial charge in [-0.05, 0) is 38.5 Å². The Labute approximate surface area is 282 Å². The number of allylic oxidation sites excluding steroid dienone is 2. The van der Waals surface area contributed by atoms with Gasteiger partial charge in [0.1, 0.15) is 6.61 Å². The molecule has 8 nitrogen and oxygen atoms in total. The number of rotatable bonds is 35. The summed E-state index contributed by atoms with van der Waals surface area (Å²) in [6.45, 7) is 3.66. The molecule has 0 heterocycles. The Kier molecular flexibility index (Phi) is 32.8.